The molecule has 0 bridgehead atoms. The van der Waals surface area contributed by atoms with Crippen LogP contribution in [-0.4, -0.2) is 44.1 Å². The highest BCUT2D eigenvalue weighted by molar-refractivity contribution is 5.79. The van der Waals surface area contributed by atoms with E-state index in [-0.39, 0.29) is 0 Å². The highest BCUT2D eigenvalue weighted by Gasteiger charge is 2.09. The van der Waals surface area contributed by atoms with Crippen molar-refractivity contribution < 1.29 is 0 Å². The Balaban J connectivity index is 2.29. The normalized spacial score (nSPS) is 13.0. The van der Waals surface area contributed by atoms with Crippen molar-refractivity contribution in [2.24, 2.45) is 4.99 Å². The number of guanidine groups is 1. The summed E-state index contributed by atoms with van der Waals surface area (Å²) < 4.78 is 0. The maximum absolute atomic E-state index is 4.17. The summed E-state index contributed by atoms with van der Waals surface area (Å²) in [6.45, 7) is 8.54. The fraction of sp³-hybridized carbons (Fsp3) is 0.471. The molecule has 1 rings (SSSR count). The number of nitrogens with one attached hydrogen (secondary N) is 2. The van der Waals surface area contributed by atoms with E-state index in [1.54, 1.807) is 7.05 Å². The van der Waals surface area contributed by atoms with Crippen molar-refractivity contribution in [2.45, 2.75) is 25.9 Å². The molecule has 1 atom stereocenters. The van der Waals surface area contributed by atoms with Gasteiger partial charge in [-0.05, 0) is 26.0 Å². The van der Waals surface area contributed by atoms with Crippen molar-refractivity contribution in [1.29, 1.82) is 0 Å². The second-order valence-electron chi connectivity index (χ2n) is 5.21. The molecule has 0 saturated carbocycles. The van der Waals surface area contributed by atoms with Crippen LogP contribution in [0.1, 0.15) is 18.9 Å². The minimum absolute atomic E-state index is 0.509. The highest BCUT2D eigenvalue weighted by atomic mass is 15.2. The summed E-state index contributed by atoms with van der Waals surface area (Å²) in [5.41, 5.74) is 1.35. The van der Waals surface area contributed by atoms with Crippen molar-refractivity contribution in [1.82, 2.24) is 15.5 Å². The molecule has 1 unspecified atom stereocenters. The van der Waals surface area contributed by atoms with Gasteiger partial charge in [-0.15, -0.1) is 6.58 Å². The Morgan fingerprint density at radius 2 is 2.05 bits per heavy atom. The summed E-state index contributed by atoms with van der Waals surface area (Å²) >= 11 is 0. The Morgan fingerprint density at radius 1 is 1.33 bits per heavy atom. The SMILES string of the molecule is C=CCNC(=NC)NCCC(C)N(C)Cc1ccccc1. The van der Waals surface area contributed by atoms with Gasteiger partial charge in [0.2, 0.25) is 0 Å². The van der Waals surface area contributed by atoms with Crippen molar-refractivity contribution in [3.05, 3.63) is 48.6 Å². The summed E-state index contributed by atoms with van der Waals surface area (Å²) in [6, 6.07) is 11.1. The third kappa shape index (κ3) is 6.95. The summed E-state index contributed by atoms with van der Waals surface area (Å²) in [7, 11) is 3.95. The minimum atomic E-state index is 0.509. The number of aliphatic imine (C=N–C) groups is 1. The van der Waals surface area contributed by atoms with E-state index in [0.717, 1.165) is 32.0 Å². The molecule has 4 heteroatoms. The molecular weight excluding hydrogens is 260 g/mol. The molecule has 0 aliphatic heterocycles. The molecule has 0 heterocycles. The quantitative estimate of drug-likeness (QED) is 0.438. The maximum atomic E-state index is 4.17. The van der Waals surface area contributed by atoms with Crippen LogP contribution < -0.4 is 10.6 Å². The van der Waals surface area contributed by atoms with Crippen molar-refractivity contribution in [2.75, 3.05) is 27.2 Å². The zero-order chi connectivity index (χ0) is 15.5. The fourth-order valence-corrected chi connectivity index (χ4v) is 2.04. The van der Waals surface area contributed by atoms with Gasteiger partial charge >= 0.3 is 0 Å². The van der Waals surface area contributed by atoms with E-state index in [0.29, 0.717) is 6.04 Å². The first kappa shape index (κ1) is 17.2. The lowest BCUT2D eigenvalue weighted by Crippen LogP contribution is -2.40. The first-order valence-corrected chi connectivity index (χ1v) is 7.47. The first-order chi connectivity index (χ1) is 10.2. The summed E-state index contributed by atoms with van der Waals surface area (Å²) in [4.78, 5) is 6.54. The minimum Gasteiger partial charge on any atom is -0.356 e. The fourth-order valence-electron chi connectivity index (χ4n) is 2.04. The average molecular weight is 288 g/mol. The van der Waals surface area contributed by atoms with E-state index in [4.69, 9.17) is 0 Å². The lowest BCUT2D eigenvalue weighted by Gasteiger charge is -2.25. The predicted octanol–water partition coefficient (Wildman–Crippen LogP) is 2.25. The lowest BCUT2D eigenvalue weighted by atomic mass is 10.1. The lowest BCUT2D eigenvalue weighted by molar-refractivity contribution is 0.238. The number of hydrogen-bond donors (Lipinski definition) is 2. The van der Waals surface area contributed by atoms with Crippen molar-refractivity contribution >= 4 is 5.96 Å². The molecule has 0 spiro atoms. The Labute approximate surface area is 129 Å². The third-order valence-electron chi connectivity index (χ3n) is 3.52. The first-order valence-electron chi connectivity index (χ1n) is 7.47. The van der Waals surface area contributed by atoms with Gasteiger partial charge < -0.3 is 10.6 Å². The van der Waals surface area contributed by atoms with Gasteiger partial charge in [0.15, 0.2) is 5.96 Å². The highest BCUT2D eigenvalue weighted by Crippen LogP contribution is 2.07. The summed E-state index contributed by atoms with van der Waals surface area (Å²) in [6.07, 6.45) is 2.89. The molecule has 116 valence electrons. The zero-order valence-electron chi connectivity index (χ0n) is 13.5. The van der Waals surface area contributed by atoms with Crippen LogP contribution in [-0.2, 0) is 6.54 Å². The molecular formula is C17H28N4. The molecule has 21 heavy (non-hydrogen) atoms. The molecule has 0 radical (unpaired) electrons. The molecule has 1 aromatic rings. The second-order valence-corrected chi connectivity index (χ2v) is 5.21. The van der Waals surface area contributed by atoms with Crippen LogP contribution in [0.5, 0.6) is 0 Å². The molecule has 4 nitrogen and oxygen atoms in total. The van der Waals surface area contributed by atoms with Gasteiger partial charge in [-0.3, -0.25) is 9.89 Å². The van der Waals surface area contributed by atoms with Crippen molar-refractivity contribution in [3.8, 4) is 0 Å². The standard InChI is InChI=1S/C17H28N4/c1-5-12-19-17(18-3)20-13-11-15(2)21(4)14-16-9-7-6-8-10-16/h5-10,15H,1,11-14H2,2-4H3,(H2,18,19,20). The topological polar surface area (TPSA) is 39.7 Å². The van der Waals surface area contributed by atoms with E-state index in [1.807, 2.05) is 6.08 Å². The molecule has 0 aliphatic carbocycles. The van der Waals surface area contributed by atoms with E-state index in [2.05, 4.69) is 71.4 Å². The van der Waals surface area contributed by atoms with Gasteiger partial charge in [0.25, 0.3) is 0 Å². The van der Waals surface area contributed by atoms with E-state index in [9.17, 15) is 0 Å². The van der Waals surface area contributed by atoms with Crippen LogP contribution in [0.3, 0.4) is 0 Å². The number of nitrogens with zero attached hydrogens (tertiary/aromatic N) is 2. The Hall–Kier alpha value is -1.81. The van der Waals surface area contributed by atoms with Crippen LogP contribution in [0, 0.1) is 0 Å². The maximum Gasteiger partial charge on any atom is 0.191 e. The van der Waals surface area contributed by atoms with E-state index in [1.165, 1.54) is 5.56 Å². The Morgan fingerprint density at radius 3 is 2.67 bits per heavy atom. The molecule has 0 saturated heterocycles. The van der Waals surface area contributed by atoms with Gasteiger partial charge in [-0.2, -0.15) is 0 Å². The Bertz CT molecular complexity index is 428. The molecule has 2 N–H and O–H groups in total. The largest absolute Gasteiger partial charge is 0.356 e. The van der Waals surface area contributed by atoms with Crippen LogP contribution in [0.2, 0.25) is 0 Å². The average Bonchev–Trinajstić information content (AvgIpc) is 2.51. The molecule has 1 aromatic carbocycles. The van der Waals surface area contributed by atoms with Gasteiger partial charge in [0.05, 0.1) is 0 Å². The van der Waals surface area contributed by atoms with Gasteiger partial charge in [0.1, 0.15) is 0 Å². The molecule has 0 aliphatic rings. The van der Waals surface area contributed by atoms with Gasteiger partial charge in [-0.1, -0.05) is 36.4 Å². The Kier molecular flexibility index (Phi) is 8.21. The van der Waals surface area contributed by atoms with E-state index >= 15 is 0 Å². The van der Waals surface area contributed by atoms with Gasteiger partial charge in [0, 0.05) is 32.7 Å². The number of benzene rings is 1. The number of hydrogen-bond acceptors (Lipinski definition) is 2. The molecule has 0 amide bonds. The summed E-state index contributed by atoms with van der Waals surface area (Å²) in [5.74, 6) is 0.827. The van der Waals surface area contributed by atoms with Gasteiger partial charge in [-0.25, -0.2) is 0 Å². The third-order valence-corrected chi connectivity index (χ3v) is 3.52. The summed E-state index contributed by atoms with van der Waals surface area (Å²) in [5, 5.41) is 6.49. The molecule has 0 fully saturated rings. The monoisotopic (exact) mass is 288 g/mol. The predicted molar refractivity (Wildman–Crippen MR) is 91.5 cm³/mol. The second kappa shape index (κ2) is 10.00. The number of rotatable bonds is 8. The zero-order valence-corrected chi connectivity index (χ0v) is 13.5. The van der Waals surface area contributed by atoms with Crippen LogP contribution in [0.25, 0.3) is 0 Å². The van der Waals surface area contributed by atoms with Crippen molar-refractivity contribution in [3.63, 3.8) is 0 Å². The smallest absolute Gasteiger partial charge is 0.191 e. The van der Waals surface area contributed by atoms with Crippen LogP contribution in [0.15, 0.2) is 48.0 Å². The van der Waals surface area contributed by atoms with E-state index < -0.39 is 0 Å². The van der Waals surface area contributed by atoms with Crippen LogP contribution in [0.4, 0.5) is 0 Å². The molecule has 0 aromatic heterocycles. The van der Waals surface area contributed by atoms with Crippen LogP contribution >= 0.6 is 0 Å².